The van der Waals surface area contributed by atoms with Gasteiger partial charge in [0.1, 0.15) is 11.6 Å². The second-order valence-corrected chi connectivity index (χ2v) is 4.74. The van der Waals surface area contributed by atoms with E-state index in [1.807, 2.05) is 36.5 Å². The lowest BCUT2D eigenvalue weighted by atomic mass is 10.1. The summed E-state index contributed by atoms with van der Waals surface area (Å²) in [6.07, 6.45) is 1.83. The molecule has 1 heterocycles. The molecule has 20 heavy (non-hydrogen) atoms. The Kier molecular flexibility index (Phi) is 3.25. The third-order valence-corrected chi connectivity index (χ3v) is 3.27. The van der Waals surface area contributed by atoms with Crippen LogP contribution in [-0.2, 0) is 0 Å². The summed E-state index contributed by atoms with van der Waals surface area (Å²) in [7, 11) is 1.66. The SMILES string of the molecule is COc1ccc(Nc2nccc3cc(C)ccc23)cc1. The average Bonchev–Trinajstić information content (AvgIpc) is 2.48. The summed E-state index contributed by atoms with van der Waals surface area (Å²) in [6, 6.07) is 16.2. The molecule has 0 fully saturated rings. The number of ether oxygens (including phenoxy) is 1. The van der Waals surface area contributed by atoms with Crippen LogP contribution < -0.4 is 10.1 Å². The van der Waals surface area contributed by atoms with Gasteiger partial charge in [0.15, 0.2) is 0 Å². The maximum atomic E-state index is 5.16. The molecule has 0 radical (unpaired) electrons. The molecule has 3 rings (SSSR count). The molecule has 0 atom stereocenters. The van der Waals surface area contributed by atoms with Crippen molar-refractivity contribution in [1.82, 2.24) is 4.98 Å². The van der Waals surface area contributed by atoms with E-state index in [0.29, 0.717) is 0 Å². The number of pyridine rings is 1. The van der Waals surface area contributed by atoms with Crippen LogP contribution in [0.25, 0.3) is 10.8 Å². The lowest BCUT2D eigenvalue weighted by Gasteiger charge is -2.09. The normalized spacial score (nSPS) is 10.5. The zero-order valence-corrected chi connectivity index (χ0v) is 11.6. The van der Waals surface area contributed by atoms with Gasteiger partial charge in [0.2, 0.25) is 0 Å². The van der Waals surface area contributed by atoms with Crippen LogP contribution in [0.3, 0.4) is 0 Å². The molecular weight excluding hydrogens is 248 g/mol. The van der Waals surface area contributed by atoms with Crippen LogP contribution in [0.4, 0.5) is 11.5 Å². The van der Waals surface area contributed by atoms with Crippen molar-refractivity contribution in [3.05, 3.63) is 60.3 Å². The Balaban J connectivity index is 1.97. The third-order valence-electron chi connectivity index (χ3n) is 3.27. The fraction of sp³-hybridized carbons (Fsp3) is 0.118. The molecule has 3 aromatic rings. The second kappa shape index (κ2) is 5.21. The standard InChI is InChI=1S/C17H16N2O/c1-12-3-8-16-13(11-12)9-10-18-17(16)19-14-4-6-15(20-2)7-5-14/h3-11H,1-2H3,(H,18,19). The first-order valence-corrected chi connectivity index (χ1v) is 6.53. The van der Waals surface area contributed by atoms with Gasteiger partial charge in [0.25, 0.3) is 0 Å². The Morgan fingerprint density at radius 2 is 1.80 bits per heavy atom. The average molecular weight is 264 g/mol. The Morgan fingerprint density at radius 3 is 2.55 bits per heavy atom. The molecule has 0 bridgehead atoms. The van der Waals surface area contributed by atoms with Crippen molar-refractivity contribution in [3.8, 4) is 5.75 Å². The first-order valence-electron chi connectivity index (χ1n) is 6.53. The van der Waals surface area contributed by atoms with Crippen LogP contribution in [0, 0.1) is 6.92 Å². The summed E-state index contributed by atoms with van der Waals surface area (Å²) in [5, 5.41) is 5.66. The maximum Gasteiger partial charge on any atom is 0.138 e. The fourth-order valence-electron chi connectivity index (χ4n) is 2.21. The Hall–Kier alpha value is -2.55. The van der Waals surface area contributed by atoms with Crippen LogP contribution >= 0.6 is 0 Å². The molecule has 1 N–H and O–H groups in total. The van der Waals surface area contributed by atoms with E-state index in [1.165, 1.54) is 10.9 Å². The molecule has 0 aliphatic heterocycles. The van der Waals surface area contributed by atoms with Gasteiger partial charge in [0, 0.05) is 17.3 Å². The third kappa shape index (κ3) is 2.43. The summed E-state index contributed by atoms with van der Waals surface area (Å²) >= 11 is 0. The summed E-state index contributed by atoms with van der Waals surface area (Å²) in [4.78, 5) is 4.43. The zero-order valence-electron chi connectivity index (χ0n) is 11.6. The molecule has 2 aromatic carbocycles. The minimum Gasteiger partial charge on any atom is -0.497 e. The highest BCUT2D eigenvalue weighted by atomic mass is 16.5. The number of methoxy groups -OCH3 is 1. The Labute approximate surface area is 118 Å². The van der Waals surface area contributed by atoms with Crippen LogP contribution in [-0.4, -0.2) is 12.1 Å². The van der Waals surface area contributed by atoms with E-state index in [1.54, 1.807) is 7.11 Å². The van der Waals surface area contributed by atoms with Crippen molar-refractivity contribution in [1.29, 1.82) is 0 Å². The van der Waals surface area contributed by atoms with Gasteiger partial charge in [-0.1, -0.05) is 23.8 Å². The van der Waals surface area contributed by atoms with Crippen LogP contribution in [0.2, 0.25) is 0 Å². The molecule has 0 saturated carbocycles. The number of benzene rings is 2. The molecule has 0 unspecified atom stereocenters. The highest BCUT2D eigenvalue weighted by Gasteiger charge is 2.03. The number of nitrogens with one attached hydrogen (secondary N) is 1. The summed E-state index contributed by atoms with van der Waals surface area (Å²) in [5.74, 6) is 1.71. The van der Waals surface area contributed by atoms with Gasteiger partial charge in [-0.15, -0.1) is 0 Å². The fourth-order valence-corrected chi connectivity index (χ4v) is 2.21. The number of rotatable bonds is 3. The minimum atomic E-state index is 0.844. The van der Waals surface area contributed by atoms with E-state index < -0.39 is 0 Å². The minimum absolute atomic E-state index is 0.844. The molecule has 1 aromatic heterocycles. The number of nitrogens with zero attached hydrogens (tertiary/aromatic N) is 1. The zero-order chi connectivity index (χ0) is 13.9. The van der Waals surface area contributed by atoms with Crippen LogP contribution in [0.1, 0.15) is 5.56 Å². The largest absolute Gasteiger partial charge is 0.497 e. The van der Waals surface area contributed by atoms with Gasteiger partial charge in [-0.3, -0.25) is 0 Å². The van der Waals surface area contributed by atoms with E-state index in [0.717, 1.165) is 22.6 Å². The van der Waals surface area contributed by atoms with E-state index in [-0.39, 0.29) is 0 Å². The number of hydrogen-bond donors (Lipinski definition) is 1. The molecule has 0 aliphatic carbocycles. The predicted octanol–water partition coefficient (Wildman–Crippen LogP) is 4.30. The van der Waals surface area contributed by atoms with Crippen LogP contribution in [0.15, 0.2) is 54.7 Å². The number of anilines is 2. The lowest BCUT2D eigenvalue weighted by Crippen LogP contribution is -1.94. The van der Waals surface area contributed by atoms with Crippen molar-refractivity contribution < 1.29 is 4.74 Å². The predicted molar refractivity (Wildman–Crippen MR) is 82.8 cm³/mol. The number of fused-ring (bicyclic) bond motifs is 1. The first-order chi connectivity index (χ1) is 9.76. The van der Waals surface area contributed by atoms with Crippen molar-refractivity contribution in [2.24, 2.45) is 0 Å². The van der Waals surface area contributed by atoms with Gasteiger partial charge in [0.05, 0.1) is 7.11 Å². The summed E-state index contributed by atoms with van der Waals surface area (Å²) < 4.78 is 5.16. The quantitative estimate of drug-likeness (QED) is 0.766. The highest BCUT2D eigenvalue weighted by Crippen LogP contribution is 2.25. The van der Waals surface area contributed by atoms with E-state index >= 15 is 0 Å². The first kappa shape index (κ1) is 12.5. The molecule has 0 spiro atoms. The molecule has 100 valence electrons. The number of hydrogen-bond acceptors (Lipinski definition) is 3. The molecule has 0 saturated heterocycles. The van der Waals surface area contributed by atoms with Crippen molar-refractivity contribution in [2.75, 3.05) is 12.4 Å². The van der Waals surface area contributed by atoms with Crippen LogP contribution in [0.5, 0.6) is 5.75 Å². The van der Waals surface area contributed by atoms with Gasteiger partial charge in [-0.2, -0.15) is 0 Å². The van der Waals surface area contributed by atoms with Gasteiger partial charge in [-0.05, 0) is 42.6 Å². The van der Waals surface area contributed by atoms with E-state index in [2.05, 4.69) is 35.4 Å². The monoisotopic (exact) mass is 264 g/mol. The van der Waals surface area contributed by atoms with Gasteiger partial charge >= 0.3 is 0 Å². The van der Waals surface area contributed by atoms with E-state index in [9.17, 15) is 0 Å². The molecule has 3 heteroatoms. The van der Waals surface area contributed by atoms with Gasteiger partial charge in [-0.25, -0.2) is 4.98 Å². The highest BCUT2D eigenvalue weighted by molar-refractivity contribution is 5.93. The van der Waals surface area contributed by atoms with Crippen molar-refractivity contribution in [2.45, 2.75) is 6.92 Å². The van der Waals surface area contributed by atoms with Gasteiger partial charge < -0.3 is 10.1 Å². The topological polar surface area (TPSA) is 34.1 Å². The number of aryl methyl sites for hydroxylation is 1. The summed E-state index contributed by atoms with van der Waals surface area (Å²) in [6.45, 7) is 2.09. The molecular formula is C17H16N2O. The van der Waals surface area contributed by atoms with Crippen molar-refractivity contribution in [3.63, 3.8) is 0 Å². The molecule has 0 aliphatic rings. The molecule has 0 amide bonds. The summed E-state index contributed by atoms with van der Waals surface area (Å²) in [5.41, 5.74) is 2.24. The smallest absolute Gasteiger partial charge is 0.138 e. The number of aromatic nitrogens is 1. The maximum absolute atomic E-state index is 5.16. The molecule has 3 nitrogen and oxygen atoms in total. The Bertz CT molecular complexity index is 736. The second-order valence-electron chi connectivity index (χ2n) is 4.74. The Morgan fingerprint density at radius 1 is 1.00 bits per heavy atom. The lowest BCUT2D eigenvalue weighted by molar-refractivity contribution is 0.415. The van der Waals surface area contributed by atoms with E-state index in [4.69, 9.17) is 4.74 Å². The van der Waals surface area contributed by atoms with Crippen molar-refractivity contribution >= 4 is 22.3 Å².